The van der Waals surface area contributed by atoms with Crippen molar-refractivity contribution in [2.24, 2.45) is 5.41 Å². The van der Waals surface area contributed by atoms with Gasteiger partial charge in [-0.15, -0.1) is 0 Å². The Bertz CT molecular complexity index is 415. The van der Waals surface area contributed by atoms with Gasteiger partial charge in [-0.05, 0) is 30.7 Å². The van der Waals surface area contributed by atoms with Crippen LogP contribution in [0.15, 0.2) is 18.2 Å². The zero-order chi connectivity index (χ0) is 13.2. The number of benzene rings is 1. The van der Waals surface area contributed by atoms with E-state index in [4.69, 9.17) is 0 Å². The van der Waals surface area contributed by atoms with Crippen molar-refractivity contribution in [3.63, 3.8) is 0 Å². The van der Waals surface area contributed by atoms with Crippen LogP contribution in [0, 0.1) is 5.41 Å². The zero-order valence-electron chi connectivity index (χ0n) is 11.2. The van der Waals surface area contributed by atoms with E-state index in [0.717, 1.165) is 5.56 Å². The molecule has 1 aliphatic carbocycles. The Hall–Kier alpha value is -1.22. The first-order chi connectivity index (χ1) is 8.46. The molecule has 1 aromatic rings. The molecule has 3 heteroatoms. The summed E-state index contributed by atoms with van der Waals surface area (Å²) < 4.78 is 0. The standard InChI is InChI=1S/C15H23NO2/c1-15(2)7-3-4-12(9-15)16-10-11-5-6-13(17)8-14(11)18/h5-6,8,12,16-18H,3-4,7,9-10H2,1-2H3. The maximum absolute atomic E-state index is 9.72. The first-order valence-corrected chi connectivity index (χ1v) is 6.70. The number of aromatic hydroxyl groups is 2. The van der Waals surface area contributed by atoms with E-state index in [1.165, 1.54) is 31.7 Å². The van der Waals surface area contributed by atoms with Gasteiger partial charge in [-0.25, -0.2) is 0 Å². The number of phenolic OH excluding ortho intramolecular Hbond substituents is 2. The third-order valence-electron chi connectivity index (χ3n) is 3.86. The van der Waals surface area contributed by atoms with Crippen molar-refractivity contribution in [1.82, 2.24) is 5.32 Å². The lowest BCUT2D eigenvalue weighted by Gasteiger charge is -2.35. The first-order valence-electron chi connectivity index (χ1n) is 6.70. The van der Waals surface area contributed by atoms with E-state index in [2.05, 4.69) is 19.2 Å². The van der Waals surface area contributed by atoms with Crippen LogP contribution in [0.25, 0.3) is 0 Å². The van der Waals surface area contributed by atoms with E-state index < -0.39 is 0 Å². The number of hydrogen-bond acceptors (Lipinski definition) is 3. The molecule has 2 rings (SSSR count). The lowest BCUT2D eigenvalue weighted by atomic mass is 9.75. The van der Waals surface area contributed by atoms with Gasteiger partial charge in [0.15, 0.2) is 0 Å². The smallest absolute Gasteiger partial charge is 0.123 e. The summed E-state index contributed by atoms with van der Waals surface area (Å²) in [5, 5.41) is 22.5. The Labute approximate surface area is 109 Å². The molecule has 1 aliphatic rings. The molecule has 1 aromatic carbocycles. The molecule has 1 saturated carbocycles. The summed E-state index contributed by atoms with van der Waals surface area (Å²) in [6.45, 7) is 5.30. The van der Waals surface area contributed by atoms with Gasteiger partial charge in [-0.1, -0.05) is 26.3 Å². The highest BCUT2D eigenvalue weighted by Gasteiger charge is 2.27. The Morgan fingerprint density at radius 1 is 1.33 bits per heavy atom. The topological polar surface area (TPSA) is 52.5 Å². The predicted molar refractivity (Wildman–Crippen MR) is 72.6 cm³/mol. The summed E-state index contributed by atoms with van der Waals surface area (Å²) in [7, 11) is 0. The zero-order valence-corrected chi connectivity index (χ0v) is 11.2. The molecule has 0 aliphatic heterocycles. The quantitative estimate of drug-likeness (QED) is 0.771. The molecule has 0 amide bonds. The van der Waals surface area contributed by atoms with Crippen LogP contribution in [0.1, 0.15) is 45.1 Å². The van der Waals surface area contributed by atoms with Gasteiger partial charge in [0.25, 0.3) is 0 Å². The Balaban J connectivity index is 1.91. The van der Waals surface area contributed by atoms with Crippen molar-refractivity contribution in [3.05, 3.63) is 23.8 Å². The minimum absolute atomic E-state index is 0.107. The van der Waals surface area contributed by atoms with Gasteiger partial charge in [0, 0.05) is 24.2 Å². The fourth-order valence-electron chi connectivity index (χ4n) is 2.83. The summed E-state index contributed by atoms with van der Waals surface area (Å²) in [5.41, 5.74) is 1.27. The molecule has 3 N–H and O–H groups in total. The minimum Gasteiger partial charge on any atom is -0.508 e. The maximum Gasteiger partial charge on any atom is 0.123 e. The average molecular weight is 249 g/mol. The van der Waals surface area contributed by atoms with E-state index in [9.17, 15) is 10.2 Å². The molecule has 0 heterocycles. The second-order valence-electron chi connectivity index (χ2n) is 6.15. The Morgan fingerprint density at radius 2 is 2.11 bits per heavy atom. The number of hydrogen-bond donors (Lipinski definition) is 3. The third-order valence-corrected chi connectivity index (χ3v) is 3.86. The summed E-state index contributed by atoms with van der Waals surface area (Å²) in [4.78, 5) is 0. The van der Waals surface area contributed by atoms with Crippen molar-refractivity contribution in [3.8, 4) is 11.5 Å². The number of rotatable bonds is 3. The van der Waals surface area contributed by atoms with Gasteiger partial charge in [0.05, 0.1) is 0 Å². The SMILES string of the molecule is CC1(C)CCCC(NCc2ccc(O)cc2O)C1. The van der Waals surface area contributed by atoms with Crippen LogP contribution in [0.3, 0.4) is 0 Å². The molecule has 0 saturated heterocycles. The van der Waals surface area contributed by atoms with Crippen LogP contribution in [0.2, 0.25) is 0 Å². The van der Waals surface area contributed by atoms with Crippen molar-refractivity contribution in [2.75, 3.05) is 0 Å². The highest BCUT2D eigenvalue weighted by molar-refractivity contribution is 5.38. The lowest BCUT2D eigenvalue weighted by Crippen LogP contribution is -2.36. The monoisotopic (exact) mass is 249 g/mol. The molecule has 0 radical (unpaired) electrons. The van der Waals surface area contributed by atoms with Crippen LogP contribution in [0.5, 0.6) is 11.5 Å². The maximum atomic E-state index is 9.72. The second kappa shape index (κ2) is 5.19. The molecular weight excluding hydrogens is 226 g/mol. The minimum atomic E-state index is 0.107. The Morgan fingerprint density at radius 3 is 2.78 bits per heavy atom. The average Bonchev–Trinajstić information content (AvgIpc) is 2.26. The van der Waals surface area contributed by atoms with Crippen LogP contribution >= 0.6 is 0 Å². The summed E-state index contributed by atoms with van der Waals surface area (Å²) in [6, 6.07) is 5.30. The first kappa shape index (κ1) is 13.2. The molecule has 0 aromatic heterocycles. The molecule has 1 atom stereocenters. The van der Waals surface area contributed by atoms with E-state index in [1.54, 1.807) is 12.1 Å². The van der Waals surface area contributed by atoms with Crippen LogP contribution < -0.4 is 5.32 Å². The summed E-state index contributed by atoms with van der Waals surface area (Å²) in [5.74, 6) is 0.271. The van der Waals surface area contributed by atoms with Crippen molar-refractivity contribution in [1.29, 1.82) is 0 Å². The second-order valence-corrected chi connectivity index (χ2v) is 6.15. The van der Waals surface area contributed by atoms with Crippen molar-refractivity contribution >= 4 is 0 Å². The van der Waals surface area contributed by atoms with Crippen LogP contribution in [0.4, 0.5) is 0 Å². The van der Waals surface area contributed by atoms with Gasteiger partial charge in [0.2, 0.25) is 0 Å². The normalized spacial score (nSPS) is 22.9. The van der Waals surface area contributed by atoms with Gasteiger partial charge < -0.3 is 15.5 Å². The van der Waals surface area contributed by atoms with Crippen molar-refractivity contribution in [2.45, 2.75) is 52.1 Å². The fourth-order valence-corrected chi connectivity index (χ4v) is 2.83. The third kappa shape index (κ3) is 3.39. The van der Waals surface area contributed by atoms with E-state index in [1.807, 2.05) is 0 Å². The fraction of sp³-hybridized carbons (Fsp3) is 0.600. The largest absolute Gasteiger partial charge is 0.508 e. The van der Waals surface area contributed by atoms with E-state index in [-0.39, 0.29) is 11.5 Å². The van der Waals surface area contributed by atoms with Gasteiger partial charge in [-0.3, -0.25) is 0 Å². The highest BCUT2D eigenvalue weighted by atomic mass is 16.3. The molecule has 0 bridgehead atoms. The molecule has 1 unspecified atom stereocenters. The molecule has 100 valence electrons. The van der Waals surface area contributed by atoms with Crippen LogP contribution in [-0.2, 0) is 6.54 Å². The van der Waals surface area contributed by atoms with Crippen LogP contribution in [-0.4, -0.2) is 16.3 Å². The van der Waals surface area contributed by atoms with Gasteiger partial charge in [0.1, 0.15) is 11.5 Å². The predicted octanol–water partition coefficient (Wildman–Crippen LogP) is 3.16. The van der Waals surface area contributed by atoms with Gasteiger partial charge >= 0.3 is 0 Å². The molecule has 18 heavy (non-hydrogen) atoms. The summed E-state index contributed by atoms with van der Waals surface area (Å²) in [6.07, 6.45) is 4.97. The highest BCUT2D eigenvalue weighted by Crippen LogP contribution is 2.35. The van der Waals surface area contributed by atoms with Crippen molar-refractivity contribution < 1.29 is 10.2 Å². The molecule has 0 spiro atoms. The number of phenols is 2. The molecular formula is C15H23NO2. The summed E-state index contributed by atoms with van der Waals surface area (Å²) >= 11 is 0. The Kier molecular flexibility index (Phi) is 3.81. The molecule has 3 nitrogen and oxygen atoms in total. The van der Waals surface area contributed by atoms with Gasteiger partial charge in [-0.2, -0.15) is 0 Å². The van der Waals surface area contributed by atoms with E-state index in [0.29, 0.717) is 18.0 Å². The van der Waals surface area contributed by atoms with E-state index >= 15 is 0 Å². The molecule has 1 fully saturated rings. The lowest BCUT2D eigenvalue weighted by molar-refractivity contribution is 0.197. The number of nitrogens with one attached hydrogen (secondary N) is 1.